The van der Waals surface area contributed by atoms with Crippen LogP contribution in [0.15, 0.2) is 12.4 Å². The fourth-order valence-electron chi connectivity index (χ4n) is 2.46. The molecular formula is C15H29N3. The maximum absolute atomic E-state index is 4.37. The Balaban J connectivity index is 2.65. The summed E-state index contributed by atoms with van der Waals surface area (Å²) < 4.78 is 2.01. The van der Waals surface area contributed by atoms with Gasteiger partial charge in [0.25, 0.3) is 0 Å². The highest BCUT2D eigenvalue weighted by Crippen LogP contribution is 2.27. The first-order chi connectivity index (χ1) is 8.49. The predicted molar refractivity (Wildman–Crippen MR) is 77.8 cm³/mol. The Bertz CT molecular complexity index is 343. The van der Waals surface area contributed by atoms with Gasteiger partial charge in [-0.1, -0.05) is 34.1 Å². The SMILES string of the molecule is CCCC(C)(CNC(C)C)Cc1cnn(CC)c1. The van der Waals surface area contributed by atoms with E-state index in [-0.39, 0.29) is 0 Å². The first kappa shape index (κ1) is 15.2. The minimum atomic E-state index is 0.334. The van der Waals surface area contributed by atoms with E-state index in [9.17, 15) is 0 Å². The van der Waals surface area contributed by atoms with Gasteiger partial charge >= 0.3 is 0 Å². The van der Waals surface area contributed by atoms with Crippen molar-refractivity contribution in [1.82, 2.24) is 15.1 Å². The molecule has 0 aliphatic rings. The summed E-state index contributed by atoms with van der Waals surface area (Å²) in [7, 11) is 0. The van der Waals surface area contributed by atoms with E-state index in [0.717, 1.165) is 19.5 Å². The van der Waals surface area contributed by atoms with Crippen molar-refractivity contribution in [2.75, 3.05) is 6.54 Å². The second-order valence-corrected chi connectivity index (χ2v) is 5.98. The monoisotopic (exact) mass is 251 g/mol. The lowest BCUT2D eigenvalue weighted by atomic mass is 9.80. The summed E-state index contributed by atoms with van der Waals surface area (Å²) in [5, 5.41) is 7.96. The molecule has 0 amide bonds. The third-order valence-electron chi connectivity index (χ3n) is 3.43. The number of nitrogens with one attached hydrogen (secondary N) is 1. The highest BCUT2D eigenvalue weighted by Gasteiger charge is 2.24. The Labute approximate surface area is 112 Å². The number of nitrogens with zero attached hydrogens (tertiary/aromatic N) is 2. The molecule has 0 saturated carbocycles. The molecule has 1 heterocycles. The fraction of sp³-hybridized carbons (Fsp3) is 0.800. The maximum Gasteiger partial charge on any atom is 0.0521 e. The summed E-state index contributed by atoms with van der Waals surface area (Å²) in [6, 6.07) is 0.555. The Kier molecular flexibility index (Phi) is 5.86. The van der Waals surface area contributed by atoms with E-state index in [2.05, 4.69) is 51.2 Å². The molecule has 1 atom stereocenters. The third-order valence-corrected chi connectivity index (χ3v) is 3.43. The van der Waals surface area contributed by atoms with Gasteiger partial charge in [0.2, 0.25) is 0 Å². The van der Waals surface area contributed by atoms with E-state index < -0.39 is 0 Å². The number of rotatable bonds is 8. The topological polar surface area (TPSA) is 29.9 Å². The summed E-state index contributed by atoms with van der Waals surface area (Å²) in [5.74, 6) is 0. The third kappa shape index (κ3) is 4.81. The van der Waals surface area contributed by atoms with Crippen LogP contribution in [0, 0.1) is 5.41 Å². The average molecular weight is 251 g/mol. The fourth-order valence-corrected chi connectivity index (χ4v) is 2.46. The highest BCUT2D eigenvalue weighted by atomic mass is 15.3. The summed E-state index contributed by atoms with van der Waals surface area (Å²) in [5.41, 5.74) is 1.69. The predicted octanol–water partition coefficient (Wildman–Crippen LogP) is 3.25. The van der Waals surface area contributed by atoms with E-state index >= 15 is 0 Å². The number of hydrogen-bond donors (Lipinski definition) is 1. The van der Waals surface area contributed by atoms with Crippen LogP contribution in [0.25, 0.3) is 0 Å². The molecule has 3 heteroatoms. The highest BCUT2D eigenvalue weighted by molar-refractivity contribution is 5.07. The smallest absolute Gasteiger partial charge is 0.0521 e. The molecule has 0 aromatic carbocycles. The normalized spacial score (nSPS) is 15.0. The van der Waals surface area contributed by atoms with Gasteiger partial charge in [-0.25, -0.2) is 0 Å². The zero-order valence-electron chi connectivity index (χ0n) is 12.7. The Morgan fingerprint density at radius 3 is 2.61 bits per heavy atom. The Morgan fingerprint density at radius 2 is 2.11 bits per heavy atom. The van der Waals surface area contributed by atoms with Crippen molar-refractivity contribution in [1.29, 1.82) is 0 Å². The number of aromatic nitrogens is 2. The van der Waals surface area contributed by atoms with Crippen molar-refractivity contribution in [3.05, 3.63) is 18.0 Å². The van der Waals surface area contributed by atoms with Crippen LogP contribution in [0.1, 0.15) is 53.0 Å². The van der Waals surface area contributed by atoms with Gasteiger partial charge in [0, 0.05) is 25.3 Å². The van der Waals surface area contributed by atoms with Crippen LogP contribution in [0.3, 0.4) is 0 Å². The summed E-state index contributed by atoms with van der Waals surface area (Å²) in [4.78, 5) is 0. The van der Waals surface area contributed by atoms with Crippen molar-refractivity contribution in [2.45, 2.75) is 66.5 Å². The zero-order valence-corrected chi connectivity index (χ0v) is 12.7. The standard InChI is InChI=1S/C15H29N3/c1-6-8-15(5,12-16-13(3)4)9-14-10-17-18(7-2)11-14/h10-11,13,16H,6-9,12H2,1-5H3. The molecular weight excluding hydrogens is 222 g/mol. The molecule has 18 heavy (non-hydrogen) atoms. The van der Waals surface area contributed by atoms with Crippen LogP contribution in [-0.4, -0.2) is 22.4 Å². The van der Waals surface area contributed by atoms with Gasteiger partial charge in [-0.05, 0) is 30.7 Å². The van der Waals surface area contributed by atoms with Gasteiger partial charge in [-0.15, -0.1) is 0 Å². The second-order valence-electron chi connectivity index (χ2n) is 5.98. The van der Waals surface area contributed by atoms with Crippen LogP contribution in [-0.2, 0) is 13.0 Å². The van der Waals surface area contributed by atoms with E-state index in [1.807, 2.05) is 10.9 Å². The minimum Gasteiger partial charge on any atom is -0.314 e. The molecule has 1 aromatic rings. The van der Waals surface area contributed by atoms with Crippen molar-refractivity contribution < 1.29 is 0 Å². The van der Waals surface area contributed by atoms with Gasteiger partial charge < -0.3 is 5.32 Å². The zero-order chi connectivity index (χ0) is 13.6. The number of hydrogen-bond acceptors (Lipinski definition) is 2. The molecule has 1 unspecified atom stereocenters. The first-order valence-corrected chi connectivity index (χ1v) is 7.24. The first-order valence-electron chi connectivity index (χ1n) is 7.24. The second kappa shape index (κ2) is 6.93. The van der Waals surface area contributed by atoms with Crippen molar-refractivity contribution in [2.24, 2.45) is 5.41 Å². The summed E-state index contributed by atoms with van der Waals surface area (Å²) in [6.07, 6.45) is 7.80. The molecule has 0 saturated heterocycles. The van der Waals surface area contributed by atoms with Crippen LogP contribution < -0.4 is 5.32 Å². The van der Waals surface area contributed by atoms with Crippen LogP contribution >= 0.6 is 0 Å². The van der Waals surface area contributed by atoms with Gasteiger partial charge in [0.05, 0.1) is 6.20 Å². The van der Waals surface area contributed by atoms with Crippen molar-refractivity contribution >= 4 is 0 Å². The van der Waals surface area contributed by atoms with Crippen LogP contribution in [0.5, 0.6) is 0 Å². The molecule has 104 valence electrons. The lowest BCUT2D eigenvalue weighted by Crippen LogP contribution is -2.37. The van der Waals surface area contributed by atoms with E-state index in [0.29, 0.717) is 11.5 Å². The average Bonchev–Trinajstić information content (AvgIpc) is 2.74. The van der Waals surface area contributed by atoms with Gasteiger partial charge in [0.15, 0.2) is 0 Å². The molecule has 0 spiro atoms. The molecule has 3 nitrogen and oxygen atoms in total. The molecule has 0 aliphatic carbocycles. The molecule has 0 fully saturated rings. The Morgan fingerprint density at radius 1 is 1.39 bits per heavy atom. The van der Waals surface area contributed by atoms with Gasteiger partial charge in [-0.3, -0.25) is 4.68 Å². The van der Waals surface area contributed by atoms with E-state index in [1.54, 1.807) is 0 Å². The van der Waals surface area contributed by atoms with Gasteiger partial charge in [-0.2, -0.15) is 5.10 Å². The van der Waals surface area contributed by atoms with E-state index in [4.69, 9.17) is 0 Å². The maximum atomic E-state index is 4.37. The van der Waals surface area contributed by atoms with Crippen LogP contribution in [0.4, 0.5) is 0 Å². The number of aryl methyl sites for hydroxylation is 1. The molecule has 1 N–H and O–H groups in total. The quantitative estimate of drug-likeness (QED) is 0.768. The Hall–Kier alpha value is -0.830. The van der Waals surface area contributed by atoms with Crippen LogP contribution in [0.2, 0.25) is 0 Å². The molecule has 0 aliphatic heterocycles. The lowest BCUT2D eigenvalue weighted by Gasteiger charge is -2.30. The molecule has 0 radical (unpaired) electrons. The summed E-state index contributed by atoms with van der Waals surface area (Å²) in [6.45, 7) is 13.2. The molecule has 0 bridgehead atoms. The minimum absolute atomic E-state index is 0.334. The largest absolute Gasteiger partial charge is 0.314 e. The molecule has 1 rings (SSSR count). The van der Waals surface area contributed by atoms with Gasteiger partial charge in [0.1, 0.15) is 0 Å². The van der Waals surface area contributed by atoms with Crippen molar-refractivity contribution in [3.8, 4) is 0 Å². The summed E-state index contributed by atoms with van der Waals surface area (Å²) >= 11 is 0. The van der Waals surface area contributed by atoms with Crippen molar-refractivity contribution in [3.63, 3.8) is 0 Å². The van der Waals surface area contributed by atoms with E-state index in [1.165, 1.54) is 18.4 Å². The molecule has 1 aromatic heterocycles. The lowest BCUT2D eigenvalue weighted by molar-refractivity contribution is 0.267.